The Labute approximate surface area is 103 Å². The van der Waals surface area contributed by atoms with E-state index in [0.717, 1.165) is 43.6 Å². The summed E-state index contributed by atoms with van der Waals surface area (Å²) in [6.07, 6.45) is 3.08. The molecule has 0 bridgehead atoms. The molecule has 0 aliphatic carbocycles. The van der Waals surface area contributed by atoms with E-state index in [1.54, 1.807) is 0 Å². The Bertz CT molecular complexity index is 366. The smallest absolute Gasteiger partial charge is 0.125 e. The van der Waals surface area contributed by atoms with Crippen LogP contribution >= 0.6 is 0 Å². The first-order valence-corrected chi connectivity index (χ1v) is 6.40. The number of likely N-dealkylation sites (tertiary alicyclic amines) is 1. The summed E-state index contributed by atoms with van der Waals surface area (Å²) in [4.78, 5) is 11.0. The summed E-state index contributed by atoms with van der Waals surface area (Å²) in [5.74, 6) is 2.23. The van der Waals surface area contributed by atoms with Gasteiger partial charge in [-0.15, -0.1) is 0 Å². The minimum atomic E-state index is 0.631. The molecule has 0 radical (unpaired) electrons. The van der Waals surface area contributed by atoms with Crippen molar-refractivity contribution >= 4 is 0 Å². The van der Waals surface area contributed by atoms with E-state index in [1.807, 2.05) is 19.2 Å². The lowest BCUT2D eigenvalue weighted by molar-refractivity contribution is 0.125. The third kappa shape index (κ3) is 3.23. The first-order chi connectivity index (χ1) is 8.19. The second-order valence-corrected chi connectivity index (χ2v) is 5.09. The molecule has 94 valence electrons. The van der Waals surface area contributed by atoms with Crippen molar-refractivity contribution in [3.05, 3.63) is 23.8 Å². The second-order valence-electron chi connectivity index (χ2n) is 5.09. The van der Waals surface area contributed by atoms with Gasteiger partial charge in [-0.3, -0.25) is 4.90 Å². The molecular weight excluding hydrogens is 212 g/mol. The fraction of sp³-hybridized carbons (Fsp3) is 0.692. The van der Waals surface area contributed by atoms with Crippen molar-refractivity contribution in [3.8, 4) is 0 Å². The zero-order chi connectivity index (χ0) is 12.3. The molecule has 1 saturated heterocycles. The van der Waals surface area contributed by atoms with E-state index < -0.39 is 0 Å². The largest absolute Gasteiger partial charge is 0.330 e. The molecule has 1 aliphatic rings. The summed E-state index contributed by atoms with van der Waals surface area (Å²) in [6.45, 7) is 8.21. The monoisotopic (exact) mass is 234 g/mol. The van der Waals surface area contributed by atoms with Crippen molar-refractivity contribution in [1.82, 2.24) is 14.9 Å². The predicted molar refractivity (Wildman–Crippen MR) is 68.4 cm³/mol. The van der Waals surface area contributed by atoms with Gasteiger partial charge < -0.3 is 5.73 Å². The number of hydrogen-bond acceptors (Lipinski definition) is 4. The van der Waals surface area contributed by atoms with Gasteiger partial charge in [0.25, 0.3) is 0 Å². The molecule has 1 fully saturated rings. The fourth-order valence-electron chi connectivity index (χ4n) is 2.50. The molecule has 2 N–H and O–H groups in total. The molecule has 2 unspecified atom stereocenters. The maximum atomic E-state index is 5.82. The molecule has 1 aromatic rings. The van der Waals surface area contributed by atoms with E-state index >= 15 is 0 Å². The third-order valence-corrected chi connectivity index (χ3v) is 3.72. The molecule has 4 heteroatoms. The van der Waals surface area contributed by atoms with Crippen molar-refractivity contribution in [2.75, 3.05) is 19.6 Å². The van der Waals surface area contributed by atoms with Gasteiger partial charge in [-0.25, -0.2) is 9.97 Å². The normalized spacial score (nSPS) is 26.1. The van der Waals surface area contributed by atoms with E-state index in [0.29, 0.717) is 5.92 Å². The van der Waals surface area contributed by atoms with Crippen LogP contribution in [0.1, 0.15) is 24.9 Å². The van der Waals surface area contributed by atoms with Crippen LogP contribution in [0.4, 0.5) is 0 Å². The molecule has 4 nitrogen and oxygen atoms in total. The molecule has 0 spiro atoms. The van der Waals surface area contributed by atoms with Crippen molar-refractivity contribution in [2.24, 2.45) is 17.6 Å². The van der Waals surface area contributed by atoms with E-state index in [4.69, 9.17) is 5.73 Å². The second kappa shape index (κ2) is 5.56. The Morgan fingerprint density at radius 2 is 2.35 bits per heavy atom. The van der Waals surface area contributed by atoms with Crippen LogP contribution in [0.15, 0.2) is 12.3 Å². The van der Waals surface area contributed by atoms with Crippen LogP contribution in [-0.4, -0.2) is 34.5 Å². The van der Waals surface area contributed by atoms with Gasteiger partial charge in [0.1, 0.15) is 5.82 Å². The maximum Gasteiger partial charge on any atom is 0.125 e. The Morgan fingerprint density at radius 1 is 1.53 bits per heavy atom. The number of aryl methyl sites for hydroxylation is 1. The lowest BCUT2D eigenvalue weighted by Gasteiger charge is -2.36. The van der Waals surface area contributed by atoms with Crippen molar-refractivity contribution in [2.45, 2.75) is 26.8 Å². The predicted octanol–water partition coefficient (Wildman–Crippen LogP) is 1.20. The van der Waals surface area contributed by atoms with Crippen LogP contribution in [0.25, 0.3) is 0 Å². The molecule has 0 saturated carbocycles. The number of hydrogen-bond donors (Lipinski definition) is 1. The highest BCUT2D eigenvalue weighted by Gasteiger charge is 2.25. The van der Waals surface area contributed by atoms with Gasteiger partial charge in [-0.05, 0) is 44.3 Å². The number of aromatic nitrogens is 2. The molecular formula is C13H22N4. The van der Waals surface area contributed by atoms with Crippen LogP contribution in [-0.2, 0) is 6.54 Å². The molecule has 0 aromatic carbocycles. The van der Waals surface area contributed by atoms with Gasteiger partial charge in [0.05, 0.1) is 5.69 Å². The summed E-state index contributed by atoms with van der Waals surface area (Å²) in [5.41, 5.74) is 6.93. The minimum Gasteiger partial charge on any atom is -0.330 e. The van der Waals surface area contributed by atoms with Gasteiger partial charge >= 0.3 is 0 Å². The van der Waals surface area contributed by atoms with E-state index in [9.17, 15) is 0 Å². The van der Waals surface area contributed by atoms with E-state index in [-0.39, 0.29) is 0 Å². The highest BCUT2D eigenvalue weighted by Crippen LogP contribution is 2.23. The minimum absolute atomic E-state index is 0.631. The maximum absolute atomic E-state index is 5.82. The Hall–Kier alpha value is -1.00. The number of piperidine rings is 1. The molecule has 2 heterocycles. The Balaban J connectivity index is 1.95. The summed E-state index contributed by atoms with van der Waals surface area (Å²) >= 11 is 0. The van der Waals surface area contributed by atoms with Crippen LogP contribution < -0.4 is 5.73 Å². The standard InChI is InChI=1S/C13H22N4/c1-10-4-6-17(8-12(10)7-14)9-13-3-5-15-11(2)16-13/h3,5,10,12H,4,6-9,14H2,1-2H3. The third-order valence-electron chi connectivity index (χ3n) is 3.72. The highest BCUT2D eigenvalue weighted by atomic mass is 15.1. The molecule has 2 atom stereocenters. The lowest BCUT2D eigenvalue weighted by Crippen LogP contribution is -2.42. The first kappa shape index (κ1) is 12.5. The molecule has 17 heavy (non-hydrogen) atoms. The van der Waals surface area contributed by atoms with Crippen molar-refractivity contribution in [1.29, 1.82) is 0 Å². The topological polar surface area (TPSA) is 55.0 Å². The van der Waals surface area contributed by atoms with Crippen molar-refractivity contribution in [3.63, 3.8) is 0 Å². The molecule has 1 aliphatic heterocycles. The van der Waals surface area contributed by atoms with Crippen LogP contribution in [0, 0.1) is 18.8 Å². The molecule has 0 amide bonds. The first-order valence-electron chi connectivity index (χ1n) is 6.40. The van der Waals surface area contributed by atoms with Gasteiger partial charge in [0.2, 0.25) is 0 Å². The summed E-state index contributed by atoms with van der Waals surface area (Å²) < 4.78 is 0. The average molecular weight is 234 g/mol. The Morgan fingerprint density at radius 3 is 3.06 bits per heavy atom. The van der Waals surface area contributed by atoms with Crippen LogP contribution in [0.2, 0.25) is 0 Å². The molecule has 2 rings (SSSR count). The summed E-state index contributed by atoms with van der Waals surface area (Å²) in [6, 6.07) is 2.00. The highest BCUT2D eigenvalue weighted by molar-refractivity contribution is 5.01. The van der Waals surface area contributed by atoms with Crippen molar-refractivity contribution < 1.29 is 0 Å². The Kier molecular flexibility index (Phi) is 4.07. The fourth-order valence-corrected chi connectivity index (χ4v) is 2.50. The van der Waals surface area contributed by atoms with Gasteiger partial charge in [-0.2, -0.15) is 0 Å². The summed E-state index contributed by atoms with van der Waals surface area (Å²) in [7, 11) is 0. The summed E-state index contributed by atoms with van der Waals surface area (Å²) in [5, 5.41) is 0. The average Bonchev–Trinajstić information content (AvgIpc) is 2.32. The quantitative estimate of drug-likeness (QED) is 0.854. The van der Waals surface area contributed by atoms with Crippen LogP contribution in [0.3, 0.4) is 0 Å². The zero-order valence-corrected chi connectivity index (χ0v) is 10.8. The van der Waals surface area contributed by atoms with E-state index in [1.165, 1.54) is 6.42 Å². The number of nitrogens with two attached hydrogens (primary N) is 1. The van der Waals surface area contributed by atoms with Crippen LogP contribution in [0.5, 0.6) is 0 Å². The van der Waals surface area contributed by atoms with Gasteiger partial charge in [-0.1, -0.05) is 6.92 Å². The molecule has 1 aromatic heterocycles. The van der Waals surface area contributed by atoms with Gasteiger partial charge in [0, 0.05) is 19.3 Å². The van der Waals surface area contributed by atoms with Gasteiger partial charge in [0.15, 0.2) is 0 Å². The SMILES string of the molecule is Cc1nccc(CN2CCC(C)C(CN)C2)n1. The number of rotatable bonds is 3. The van der Waals surface area contributed by atoms with E-state index in [2.05, 4.69) is 21.8 Å². The zero-order valence-electron chi connectivity index (χ0n) is 10.8. The number of nitrogens with zero attached hydrogens (tertiary/aromatic N) is 3. The lowest BCUT2D eigenvalue weighted by atomic mass is 9.87.